The number of hydrogen-bond donors (Lipinski definition) is 2. The molecule has 0 saturated heterocycles. The second-order valence-electron chi connectivity index (χ2n) is 3.53. The Morgan fingerprint density at radius 1 is 1.36 bits per heavy atom. The van der Waals surface area contributed by atoms with Gasteiger partial charge in [-0.05, 0) is 31.8 Å². The van der Waals surface area contributed by atoms with Gasteiger partial charge in [0.2, 0.25) is 0 Å². The molecule has 0 heterocycles. The number of nitrogens with zero attached hydrogens (tertiary/aromatic N) is 1. The van der Waals surface area contributed by atoms with Crippen LogP contribution in [0.3, 0.4) is 0 Å². The van der Waals surface area contributed by atoms with Gasteiger partial charge in [0.05, 0.1) is 6.04 Å². The molecule has 0 radical (unpaired) electrons. The van der Waals surface area contributed by atoms with Gasteiger partial charge < -0.3 is 4.90 Å². The molecule has 0 saturated carbocycles. The number of hydrogen-bond acceptors (Lipinski definition) is 3. The third-order valence-electron chi connectivity index (χ3n) is 2.02. The van der Waals surface area contributed by atoms with Gasteiger partial charge in [0.1, 0.15) is 0 Å². The lowest BCUT2D eigenvalue weighted by molar-refractivity contribution is 0.344. The summed E-state index contributed by atoms with van der Waals surface area (Å²) in [6.45, 7) is 0.859. The lowest BCUT2D eigenvalue weighted by Gasteiger charge is -2.20. The van der Waals surface area contributed by atoms with Crippen LogP contribution in [0, 0.1) is 0 Å². The van der Waals surface area contributed by atoms with E-state index in [1.54, 1.807) is 0 Å². The normalized spacial score (nSPS) is 13.2. The van der Waals surface area contributed by atoms with Crippen LogP contribution in [0.1, 0.15) is 11.6 Å². The summed E-state index contributed by atoms with van der Waals surface area (Å²) < 4.78 is 0. The van der Waals surface area contributed by atoms with Gasteiger partial charge in [0.15, 0.2) is 0 Å². The van der Waals surface area contributed by atoms with E-state index in [4.69, 9.17) is 17.4 Å². The van der Waals surface area contributed by atoms with E-state index in [-0.39, 0.29) is 6.04 Å². The lowest BCUT2D eigenvalue weighted by Crippen LogP contribution is -2.35. The molecule has 1 aromatic rings. The number of likely N-dealkylation sites (N-methyl/N-ethyl adjacent to an activating group) is 1. The highest BCUT2D eigenvalue weighted by Crippen LogP contribution is 2.16. The van der Waals surface area contributed by atoms with Crippen molar-refractivity contribution in [3.8, 4) is 0 Å². The van der Waals surface area contributed by atoms with Crippen molar-refractivity contribution in [2.45, 2.75) is 6.04 Å². The van der Waals surface area contributed by atoms with Gasteiger partial charge >= 0.3 is 0 Å². The highest BCUT2D eigenvalue weighted by Gasteiger charge is 2.09. The average Bonchev–Trinajstić information content (AvgIpc) is 2.15. The first-order valence-electron chi connectivity index (χ1n) is 4.50. The maximum atomic E-state index is 5.80. The van der Waals surface area contributed by atoms with Crippen LogP contribution < -0.4 is 11.3 Å². The summed E-state index contributed by atoms with van der Waals surface area (Å²) in [7, 11) is 4.03. The van der Waals surface area contributed by atoms with Crippen molar-refractivity contribution in [1.29, 1.82) is 0 Å². The molecule has 14 heavy (non-hydrogen) atoms. The summed E-state index contributed by atoms with van der Waals surface area (Å²) in [6, 6.07) is 7.85. The summed E-state index contributed by atoms with van der Waals surface area (Å²) in [6.07, 6.45) is 0. The predicted molar refractivity (Wildman–Crippen MR) is 60.1 cm³/mol. The Bertz CT molecular complexity index is 271. The molecule has 0 bridgehead atoms. The first-order chi connectivity index (χ1) is 6.63. The summed E-state index contributed by atoms with van der Waals surface area (Å²) in [5.74, 6) is 5.48. The first-order valence-corrected chi connectivity index (χ1v) is 4.87. The number of benzene rings is 1. The zero-order chi connectivity index (χ0) is 10.6. The number of nitrogens with one attached hydrogen (secondary N) is 1. The lowest BCUT2D eigenvalue weighted by atomic mass is 10.1. The zero-order valence-corrected chi connectivity index (χ0v) is 9.25. The Morgan fingerprint density at radius 2 is 1.93 bits per heavy atom. The summed E-state index contributed by atoms with van der Waals surface area (Å²) in [5.41, 5.74) is 3.93. The molecule has 3 nitrogen and oxygen atoms in total. The maximum Gasteiger partial charge on any atom is 0.0586 e. The molecule has 0 aromatic heterocycles. The van der Waals surface area contributed by atoms with E-state index in [2.05, 4.69) is 10.3 Å². The molecular weight excluding hydrogens is 198 g/mol. The molecule has 0 aliphatic heterocycles. The van der Waals surface area contributed by atoms with Crippen LogP contribution in [-0.2, 0) is 0 Å². The van der Waals surface area contributed by atoms with Crippen molar-refractivity contribution in [3.05, 3.63) is 34.9 Å². The topological polar surface area (TPSA) is 41.3 Å². The molecule has 0 spiro atoms. The molecule has 78 valence electrons. The molecule has 0 aliphatic carbocycles. The zero-order valence-electron chi connectivity index (χ0n) is 8.50. The number of halogens is 1. The standard InChI is InChI=1S/C10H16ClN3/c1-14(2)7-10(13-12)8-3-5-9(11)6-4-8/h3-6,10,13H,7,12H2,1-2H3. The molecule has 4 heteroatoms. The van der Waals surface area contributed by atoms with Gasteiger partial charge in [-0.1, -0.05) is 23.7 Å². The minimum absolute atomic E-state index is 0.141. The maximum absolute atomic E-state index is 5.80. The minimum Gasteiger partial charge on any atom is -0.307 e. The predicted octanol–water partition coefficient (Wildman–Crippen LogP) is 1.41. The summed E-state index contributed by atoms with van der Waals surface area (Å²) >= 11 is 5.80. The van der Waals surface area contributed by atoms with Crippen LogP contribution in [0.4, 0.5) is 0 Å². The Hall–Kier alpha value is -0.610. The van der Waals surface area contributed by atoms with Gasteiger partial charge in [0.25, 0.3) is 0 Å². The van der Waals surface area contributed by atoms with Crippen molar-refractivity contribution in [1.82, 2.24) is 10.3 Å². The highest BCUT2D eigenvalue weighted by molar-refractivity contribution is 6.30. The van der Waals surface area contributed by atoms with Crippen LogP contribution in [0.5, 0.6) is 0 Å². The second-order valence-corrected chi connectivity index (χ2v) is 3.97. The number of rotatable bonds is 4. The smallest absolute Gasteiger partial charge is 0.0586 e. The molecule has 3 N–H and O–H groups in total. The quantitative estimate of drug-likeness (QED) is 0.587. The van der Waals surface area contributed by atoms with E-state index in [1.165, 1.54) is 0 Å². The van der Waals surface area contributed by atoms with Gasteiger partial charge in [-0.15, -0.1) is 0 Å². The Balaban J connectivity index is 2.73. The van der Waals surface area contributed by atoms with Crippen LogP contribution in [0.25, 0.3) is 0 Å². The molecule has 0 aliphatic rings. The fraction of sp³-hybridized carbons (Fsp3) is 0.400. The van der Waals surface area contributed by atoms with Crippen LogP contribution >= 0.6 is 11.6 Å². The monoisotopic (exact) mass is 213 g/mol. The molecule has 0 fully saturated rings. The molecule has 1 aromatic carbocycles. The number of hydrazine groups is 1. The van der Waals surface area contributed by atoms with Crippen molar-refractivity contribution >= 4 is 11.6 Å². The van der Waals surface area contributed by atoms with Crippen molar-refractivity contribution < 1.29 is 0 Å². The summed E-state index contributed by atoms with van der Waals surface area (Å²) in [4.78, 5) is 2.08. The van der Waals surface area contributed by atoms with Crippen molar-refractivity contribution in [2.24, 2.45) is 5.84 Å². The average molecular weight is 214 g/mol. The Labute approximate surface area is 89.8 Å². The van der Waals surface area contributed by atoms with E-state index in [0.29, 0.717) is 0 Å². The van der Waals surface area contributed by atoms with Gasteiger partial charge in [-0.3, -0.25) is 11.3 Å². The second kappa shape index (κ2) is 5.32. The highest BCUT2D eigenvalue weighted by atomic mass is 35.5. The third-order valence-corrected chi connectivity index (χ3v) is 2.27. The van der Waals surface area contributed by atoms with E-state index in [1.807, 2.05) is 38.4 Å². The molecule has 1 unspecified atom stereocenters. The molecule has 1 rings (SSSR count). The van der Waals surface area contributed by atoms with Crippen LogP contribution in [0.15, 0.2) is 24.3 Å². The summed E-state index contributed by atoms with van der Waals surface area (Å²) in [5, 5.41) is 0.745. The van der Waals surface area contributed by atoms with Gasteiger partial charge in [0, 0.05) is 11.6 Å². The Morgan fingerprint density at radius 3 is 2.36 bits per heavy atom. The molecular formula is C10H16ClN3. The SMILES string of the molecule is CN(C)CC(NN)c1ccc(Cl)cc1. The molecule has 1 atom stereocenters. The third kappa shape index (κ3) is 3.27. The van der Waals surface area contributed by atoms with E-state index in [0.717, 1.165) is 17.1 Å². The van der Waals surface area contributed by atoms with Gasteiger partial charge in [-0.2, -0.15) is 0 Å². The van der Waals surface area contributed by atoms with Crippen molar-refractivity contribution in [2.75, 3.05) is 20.6 Å². The van der Waals surface area contributed by atoms with E-state index < -0.39 is 0 Å². The van der Waals surface area contributed by atoms with Crippen LogP contribution in [-0.4, -0.2) is 25.5 Å². The molecule has 0 amide bonds. The fourth-order valence-corrected chi connectivity index (χ4v) is 1.44. The van der Waals surface area contributed by atoms with Gasteiger partial charge in [-0.25, -0.2) is 0 Å². The Kier molecular flexibility index (Phi) is 4.35. The largest absolute Gasteiger partial charge is 0.307 e. The fourth-order valence-electron chi connectivity index (χ4n) is 1.31. The number of nitrogens with two attached hydrogens (primary N) is 1. The van der Waals surface area contributed by atoms with E-state index in [9.17, 15) is 0 Å². The minimum atomic E-state index is 0.141. The first kappa shape index (κ1) is 11.5. The van der Waals surface area contributed by atoms with Crippen molar-refractivity contribution in [3.63, 3.8) is 0 Å². The van der Waals surface area contributed by atoms with E-state index >= 15 is 0 Å². The van der Waals surface area contributed by atoms with Crippen LogP contribution in [0.2, 0.25) is 5.02 Å².